The molecule has 9 heavy (non-hydrogen) atoms. The molecule has 0 aromatic heterocycles. The Kier molecular flexibility index (Phi) is 2.14. The Morgan fingerprint density at radius 3 is 2.78 bits per heavy atom. The van der Waals surface area contributed by atoms with Crippen molar-refractivity contribution in [1.29, 1.82) is 0 Å². The molecule has 0 amide bonds. The average molecular weight is 192 g/mol. The fourth-order valence-corrected chi connectivity index (χ4v) is 1.74. The van der Waals surface area contributed by atoms with Gasteiger partial charge in [-0.25, -0.2) is 0 Å². The average Bonchev–Trinajstić information content (AvgIpc) is 2.10. The Bertz CT molecular complexity index is 124. The molecule has 3 heteroatoms. The maximum absolute atomic E-state index is 10.6. The van der Waals surface area contributed by atoms with Gasteiger partial charge in [0.15, 0.2) is 0 Å². The van der Waals surface area contributed by atoms with Gasteiger partial charge >= 0.3 is 62.2 Å². The fraction of sp³-hybridized carbons (Fsp3) is 0.833. The summed E-state index contributed by atoms with van der Waals surface area (Å²) in [6, 6.07) is 0. The SMILES string of the molecule is CCC1OC(=O)CC1[Se]. The van der Waals surface area contributed by atoms with Crippen molar-refractivity contribution in [1.82, 2.24) is 0 Å². The summed E-state index contributed by atoms with van der Waals surface area (Å²) in [4.78, 5) is 10.9. The summed E-state index contributed by atoms with van der Waals surface area (Å²) >= 11 is 2.92. The zero-order valence-electron chi connectivity index (χ0n) is 5.29. The second-order valence-electron chi connectivity index (χ2n) is 2.18. The van der Waals surface area contributed by atoms with Crippen LogP contribution in [0.2, 0.25) is 4.82 Å². The van der Waals surface area contributed by atoms with E-state index in [1.165, 1.54) is 0 Å². The number of hydrogen-bond acceptors (Lipinski definition) is 2. The first kappa shape index (κ1) is 7.10. The van der Waals surface area contributed by atoms with Crippen molar-refractivity contribution in [3.63, 3.8) is 0 Å². The number of carbonyl (C=O) groups is 1. The van der Waals surface area contributed by atoms with E-state index >= 15 is 0 Å². The van der Waals surface area contributed by atoms with E-state index in [4.69, 9.17) is 4.74 Å². The normalized spacial score (nSPS) is 34.7. The fourth-order valence-electron chi connectivity index (χ4n) is 0.935. The standard InChI is InChI=1S/C6H9O2Se/c1-2-4-5(9)3-6(7)8-4/h4-5H,2-3H2,1H3. The van der Waals surface area contributed by atoms with Gasteiger partial charge < -0.3 is 0 Å². The van der Waals surface area contributed by atoms with Gasteiger partial charge in [0, 0.05) is 0 Å². The Labute approximate surface area is 62.8 Å². The predicted molar refractivity (Wildman–Crippen MR) is 34.3 cm³/mol. The molecule has 1 aliphatic heterocycles. The number of hydrogen-bond donors (Lipinski definition) is 0. The van der Waals surface area contributed by atoms with Gasteiger partial charge in [0.25, 0.3) is 0 Å². The second kappa shape index (κ2) is 2.72. The Hall–Kier alpha value is -0.0105. The van der Waals surface area contributed by atoms with E-state index in [1.54, 1.807) is 0 Å². The topological polar surface area (TPSA) is 26.3 Å². The molecule has 1 rings (SSSR count). The van der Waals surface area contributed by atoms with Crippen LogP contribution in [-0.2, 0) is 9.53 Å². The van der Waals surface area contributed by atoms with Gasteiger partial charge in [-0.05, 0) is 0 Å². The van der Waals surface area contributed by atoms with Crippen molar-refractivity contribution in [3.8, 4) is 0 Å². The summed E-state index contributed by atoms with van der Waals surface area (Å²) < 4.78 is 4.95. The molecular weight excluding hydrogens is 183 g/mol. The third-order valence-corrected chi connectivity index (χ3v) is 2.45. The predicted octanol–water partition coefficient (Wildman–Crippen LogP) is 0.669. The van der Waals surface area contributed by atoms with E-state index in [9.17, 15) is 4.79 Å². The summed E-state index contributed by atoms with van der Waals surface area (Å²) in [7, 11) is 0. The van der Waals surface area contributed by atoms with Crippen molar-refractivity contribution in [3.05, 3.63) is 0 Å². The van der Waals surface area contributed by atoms with Crippen LogP contribution in [-0.4, -0.2) is 28.1 Å². The molecule has 1 aliphatic rings. The summed E-state index contributed by atoms with van der Waals surface area (Å²) in [6.45, 7) is 2.02. The molecule has 0 N–H and O–H groups in total. The van der Waals surface area contributed by atoms with E-state index < -0.39 is 0 Å². The molecule has 2 unspecified atom stereocenters. The van der Waals surface area contributed by atoms with Gasteiger partial charge in [0.05, 0.1) is 0 Å². The third kappa shape index (κ3) is 1.46. The monoisotopic (exact) mass is 193 g/mol. The van der Waals surface area contributed by atoms with Crippen LogP contribution in [0.15, 0.2) is 0 Å². The van der Waals surface area contributed by atoms with E-state index in [0.29, 0.717) is 11.2 Å². The van der Waals surface area contributed by atoms with Crippen LogP contribution < -0.4 is 0 Å². The summed E-state index contributed by atoms with van der Waals surface area (Å²) in [5, 5.41) is 0. The number of esters is 1. The molecule has 2 nitrogen and oxygen atoms in total. The minimum atomic E-state index is -0.0643. The van der Waals surface area contributed by atoms with Crippen molar-refractivity contribution < 1.29 is 9.53 Å². The van der Waals surface area contributed by atoms with Gasteiger partial charge in [-0.2, -0.15) is 0 Å². The molecule has 51 valence electrons. The number of ether oxygens (including phenoxy) is 1. The van der Waals surface area contributed by atoms with E-state index in [-0.39, 0.29) is 12.1 Å². The molecule has 0 saturated carbocycles. The van der Waals surface area contributed by atoms with Crippen LogP contribution in [0.1, 0.15) is 19.8 Å². The molecule has 0 aromatic carbocycles. The molecule has 0 aliphatic carbocycles. The Morgan fingerprint density at radius 1 is 1.89 bits per heavy atom. The maximum atomic E-state index is 10.6. The molecule has 0 spiro atoms. The molecule has 2 atom stereocenters. The molecule has 0 aromatic rings. The molecule has 0 bridgehead atoms. The van der Waals surface area contributed by atoms with Crippen molar-refractivity contribution in [2.45, 2.75) is 30.7 Å². The van der Waals surface area contributed by atoms with Crippen LogP contribution in [0.25, 0.3) is 0 Å². The van der Waals surface area contributed by atoms with E-state index in [0.717, 1.165) is 6.42 Å². The van der Waals surface area contributed by atoms with Crippen LogP contribution >= 0.6 is 0 Å². The van der Waals surface area contributed by atoms with E-state index in [2.05, 4.69) is 16.0 Å². The van der Waals surface area contributed by atoms with Crippen LogP contribution in [0, 0.1) is 0 Å². The van der Waals surface area contributed by atoms with Crippen LogP contribution in [0.4, 0.5) is 0 Å². The molecular formula is C6H9O2Se. The molecule has 1 fully saturated rings. The van der Waals surface area contributed by atoms with Crippen LogP contribution in [0.5, 0.6) is 0 Å². The molecule has 1 heterocycles. The quantitative estimate of drug-likeness (QED) is 0.450. The number of cyclic esters (lactones) is 1. The zero-order valence-corrected chi connectivity index (χ0v) is 7.01. The van der Waals surface area contributed by atoms with Gasteiger partial charge in [-0.15, -0.1) is 0 Å². The van der Waals surface area contributed by atoms with Gasteiger partial charge in [0.2, 0.25) is 0 Å². The zero-order chi connectivity index (χ0) is 6.85. The first-order chi connectivity index (χ1) is 4.24. The number of rotatable bonds is 1. The minimum absolute atomic E-state index is 0.0643. The molecule has 1 saturated heterocycles. The van der Waals surface area contributed by atoms with Crippen molar-refractivity contribution >= 4 is 22.0 Å². The second-order valence-corrected chi connectivity index (χ2v) is 3.45. The first-order valence-corrected chi connectivity index (χ1v) is 4.08. The van der Waals surface area contributed by atoms with E-state index in [1.807, 2.05) is 6.92 Å². The van der Waals surface area contributed by atoms with Gasteiger partial charge in [-0.3, -0.25) is 0 Å². The van der Waals surface area contributed by atoms with Crippen molar-refractivity contribution in [2.24, 2.45) is 0 Å². The van der Waals surface area contributed by atoms with Gasteiger partial charge in [0.1, 0.15) is 0 Å². The first-order valence-electron chi connectivity index (χ1n) is 3.09. The Balaban J connectivity index is 2.47. The summed E-state index contributed by atoms with van der Waals surface area (Å²) in [5.41, 5.74) is 0. The summed E-state index contributed by atoms with van der Waals surface area (Å²) in [5.74, 6) is -0.0643. The number of carbonyl (C=O) groups excluding carboxylic acids is 1. The summed E-state index contributed by atoms with van der Waals surface area (Å²) in [6.07, 6.45) is 1.61. The van der Waals surface area contributed by atoms with Crippen LogP contribution in [0.3, 0.4) is 0 Å². The van der Waals surface area contributed by atoms with Crippen molar-refractivity contribution in [2.75, 3.05) is 0 Å². The van der Waals surface area contributed by atoms with Gasteiger partial charge in [-0.1, -0.05) is 0 Å². The third-order valence-electron chi connectivity index (χ3n) is 1.47. The molecule has 1 radical (unpaired) electrons. The Morgan fingerprint density at radius 2 is 2.56 bits per heavy atom.